The molecule has 0 unspecified atom stereocenters. The molecule has 0 aromatic heterocycles. The van der Waals surface area contributed by atoms with Gasteiger partial charge in [0.05, 0.1) is 17.1 Å². The quantitative estimate of drug-likeness (QED) is 0.814. The molecule has 6 nitrogen and oxygen atoms in total. The first-order chi connectivity index (χ1) is 10.5. The molecule has 0 saturated carbocycles. The van der Waals surface area contributed by atoms with E-state index in [1.165, 1.54) is 0 Å². The number of nitrogens with zero attached hydrogens (tertiary/aromatic N) is 2. The van der Waals surface area contributed by atoms with Crippen LogP contribution in [0.3, 0.4) is 0 Å². The molecular formula is C15H25N3O3S. The molecule has 0 spiro atoms. The number of hydrogen-bond donors (Lipinski definition) is 1. The molecule has 7 heteroatoms. The van der Waals surface area contributed by atoms with E-state index < -0.39 is 10.0 Å². The Labute approximate surface area is 133 Å². The van der Waals surface area contributed by atoms with Crippen LogP contribution in [0, 0.1) is 0 Å². The van der Waals surface area contributed by atoms with E-state index in [1.54, 1.807) is 18.2 Å². The van der Waals surface area contributed by atoms with Gasteiger partial charge in [0.1, 0.15) is 12.4 Å². The number of rotatable bonds is 7. The van der Waals surface area contributed by atoms with Gasteiger partial charge in [0, 0.05) is 20.1 Å². The third kappa shape index (κ3) is 3.91. The lowest BCUT2D eigenvalue weighted by molar-refractivity contribution is 0.308. The molecule has 0 bridgehead atoms. The molecular weight excluding hydrogens is 302 g/mol. The minimum Gasteiger partial charge on any atom is -0.490 e. The van der Waals surface area contributed by atoms with Crippen molar-refractivity contribution in [2.75, 3.05) is 51.3 Å². The van der Waals surface area contributed by atoms with Crippen molar-refractivity contribution in [2.24, 2.45) is 0 Å². The van der Waals surface area contributed by atoms with Gasteiger partial charge in [0.15, 0.2) is 0 Å². The number of fused-ring (bicyclic) bond motifs is 1. The first-order valence-corrected chi connectivity index (χ1v) is 9.16. The van der Waals surface area contributed by atoms with E-state index in [0.717, 1.165) is 31.1 Å². The molecule has 0 aliphatic carbocycles. The van der Waals surface area contributed by atoms with Crippen molar-refractivity contribution in [1.29, 1.82) is 0 Å². The number of benzene rings is 1. The Kier molecular flexibility index (Phi) is 5.66. The summed E-state index contributed by atoms with van der Waals surface area (Å²) in [6.07, 6.45) is 0. The highest BCUT2D eigenvalue weighted by atomic mass is 32.2. The second kappa shape index (κ2) is 7.30. The first-order valence-electron chi connectivity index (χ1n) is 7.68. The minimum atomic E-state index is -3.49. The molecule has 1 N–H and O–H groups in total. The van der Waals surface area contributed by atoms with E-state index >= 15 is 0 Å². The van der Waals surface area contributed by atoms with Gasteiger partial charge in [-0.1, -0.05) is 13.8 Å². The average Bonchev–Trinajstić information content (AvgIpc) is 2.51. The molecule has 0 radical (unpaired) electrons. The summed E-state index contributed by atoms with van der Waals surface area (Å²) in [4.78, 5) is 4.47. The van der Waals surface area contributed by atoms with E-state index in [4.69, 9.17) is 4.74 Å². The zero-order chi connectivity index (χ0) is 16.2. The third-order valence-corrected chi connectivity index (χ3v) is 5.41. The van der Waals surface area contributed by atoms with Gasteiger partial charge in [-0.05, 0) is 31.3 Å². The summed E-state index contributed by atoms with van der Waals surface area (Å²) in [6.45, 7) is 8.46. The summed E-state index contributed by atoms with van der Waals surface area (Å²) in [5, 5.41) is 0. The average molecular weight is 327 g/mol. The van der Waals surface area contributed by atoms with Gasteiger partial charge in [-0.3, -0.25) is 0 Å². The van der Waals surface area contributed by atoms with Crippen molar-refractivity contribution < 1.29 is 13.2 Å². The van der Waals surface area contributed by atoms with Crippen LogP contribution in [0.25, 0.3) is 0 Å². The Morgan fingerprint density at radius 1 is 1.32 bits per heavy atom. The molecule has 0 fully saturated rings. The summed E-state index contributed by atoms with van der Waals surface area (Å²) in [5.74, 6) is 0.732. The van der Waals surface area contributed by atoms with Gasteiger partial charge in [-0.2, -0.15) is 0 Å². The van der Waals surface area contributed by atoms with E-state index in [0.29, 0.717) is 19.7 Å². The van der Waals surface area contributed by atoms with Crippen molar-refractivity contribution >= 4 is 15.7 Å². The summed E-state index contributed by atoms with van der Waals surface area (Å²) in [6, 6.07) is 5.00. The number of sulfonamides is 1. The predicted octanol–water partition coefficient (Wildman–Crippen LogP) is 1.14. The molecule has 124 valence electrons. The molecule has 0 atom stereocenters. The van der Waals surface area contributed by atoms with Crippen LogP contribution >= 0.6 is 0 Å². The van der Waals surface area contributed by atoms with E-state index in [1.807, 2.05) is 11.9 Å². The summed E-state index contributed by atoms with van der Waals surface area (Å²) in [7, 11) is -1.55. The lowest BCUT2D eigenvalue weighted by atomic mass is 10.2. The monoisotopic (exact) mass is 327 g/mol. The molecule has 1 aliphatic heterocycles. The van der Waals surface area contributed by atoms with Gasteiger partial charge in [-0.15, -0.1) is 0 Å². The van der Waals surface area contributed by atoms with Gasteiger partial charge < -0.3 is 14.5 Å². The van der Waals surface area contributed by atoms with Gasteiger partial charge in [0.2, 0.25) is 10.0 Å². The van der Waals surface area contributed by atoms with E-state index in [2.05, 4.69) is 23.5 Å². The fraction of sp³-hybridized carbons (Fsp3) is 0.600. The second-order valence-electron chi connectivity index (χ2n) is 5.32. The number of likely N-dealkylation sites (N-methyl/N-ethyl adjacent to an activating group) is 2. The summed E-state index contributed by atoms with van der Waals surface area (Å²) in [5.41, 5.74) is 0.817. The SMILES string of the molecule is CCN(CC)CCNS(=O)(=O)c1ccc2c(c1)N(C)CCO2. The van der Waals surface area contributed by atoms with Gasteiger partial charge in [0.25, 0.3) is 0 Å². The number of nitrogens with one attached hydrogen (secondary N) is 1. The normalized spacial score (nSPS) is 14.8. The van der Waals surface area contributed by atoms with Crippen LogP contribution in [0.4, 0.5) is 5.69 Å². The van der Waals surface area contributed by atoms with Crippen LogP contribution in [0.2, 0.25) is 0 Å². The maximum atomic E-state index is 12.4. The number of ether oxygens (including phenoxy) is 1. The lowest BCUT2D eigenvalue weighted by Crippen LogP contribution is -2.35. The van der Waals surface area contributed by atoms with Crippen molar-refractivity contribution in [3.8, 4) is 5.75 Å². The fourth-order valence-electron chi connectivity index (χ4n) is 2.46. The van der Waals surface area contributed by atoms with Crippen LogP contribution in [0.15, 0.2) is 23.1 Å². The van der Waals surface area contributed by atoms with Crippen LogP contribution in [-0.2, 0) is 10.0 Å². The van der Waals surface area contributed by atoms with Crippen molar-refractivity contribution in [3.05, 3.63) is 18.2 Å². The van der Waals surface area contributed by atoms with Crippen molar-refractivity contribution in [1.82, 2.24) is 9.62 Å². The Bertz CT molecular complexity index is 600. The van der Waals surface area contributed by atoms with Crippen LogP contribution in [0.5, 0.6) is 5.75 Å². The predicted molar refractivity (Wildman–Crippen MR) is 88.2 cm³/mol. The Morgan fingerprint density at radius 2 is 2.05 bits per heavy atom. The summed E-state index contributed by atoms with van der Waals surface area (Å²) < 4.78 is 33.0. The second-order valence-corrected chi connectivity index (χ2v) is 7.09. The molecule has 0 amide bonds. The lowest BCUT2D eigenvalue weighted by Gasteiger charge is -2.28. The largest absolute Gasteiger partial charge is 0.490 e. The Balaban J connectivity index is 2.08. The fourth-order valence-corrected chi connectivity index (χ4v) is 3.50. The molecule has 1 aromatic carbocycles. The standard InChI is InChI=1S/C15H25N3O3S/c1-4-18(5-2)9-8-16-22(19,20)13-6-7-15-14(12-13)17(3)10-11-21-15/h6-7,12,16H,4-5,8-11H2,1-3H3. The van der Waals surface area contributed by atoms with Gasteiger partial charge in [-0.25, -0.2) is 13.1 Å². The first kappa shape index (κ1) is 17.1. The van der Waals surface area contributed by atoms with Crippen LogP contribution < -0.4 is 14.4 Å². The zero-order valence-electron chi connectivity index (χ0n) is 13.5. The Hall–Kier alpha value is -1.31. The smallest absolute Gasteiger partial charge is 0.240 e. The van der Waals surface area contributed by atoms with Crippen LogP contribution in [-0.4, -0.2) is 59.7 Å². The molecule has 1 aliphatic rings. The maximum absolute atomic E-state index is 12.4. The third-order valence-electron chi connectivity index (χ3n) is 3.95. The van der Waals surface area contributed by atoms with Crippen LogP contribution in [0.1, 0.15) is 13.8 Å². The van der Waals surface area contributed by atoms with Gasteiger partial charge >= 0.3 is 0 Å². The van der Waals surface area contributed by atoms with Crippen molar-refractivity contribution in [3.63, 3.8) is 0 Å². The molecule has 1 aromatic rings. The zero-order valence-corrected chi connectivity index (χ0v) is 14.3. The maximum Gasteiger partial charge on any atom is 0.240 e. The highest BCUT2D eigenvalue weighted by Crippen LogP contribution is 2.32. The Morgan fingerprint density at radius 3 is 2.73 bits per heavy atom. The van der Waals surface area contributed by atoms with E-state index in [9.17, 15) is 8.42 Å². The number of hydrogen-bond acceptors (Lipinski definition) is 5. The van der Waals surface area contributed by atoms with E-state index in [-0.39, 0.29) is 4.90 Å². The minimum absolute atomic E-state index is 0.281. The molecule has 1 heterocycles. The topological polar surface area (TPSA) is 61.9 Å². The highest BCUT2D eigenvalue weighted by molar-refractivity contribution is 7.89. The number of anilines is 1. The molecule has 22 heavy (non-hydrogen) atoms. The van der Waals surface area contributed by atoms with Crippen molar-refractivity contribution in [2.45, 2.75) is 18.7 Å². The highest BCUT2D eigenvalue weighted by Gasteiger charge is 2.20. The molecule has 0 saturated heterocycles. The summed E-state index contributed by atoms with van der Waals surface area (Å²) >= 11 is 0. The molecule has 2 rings (SSSR count).